The van der Waals surface area contributed by atoms with Gasteiger partial charge in [0.1, 0.15) is 17.3 Å². The van der Waals surface area contributed by atoms with E-state index in [1.165, 1.54) is 41.3 Å². The van der Waals surface area contributed by atoms with E-state index < -0.39 is 11.7 Å². The second kappa shape index (κ2) is 8.13. The molecule has 0 spiro atoms. The van der Waals surface area contributed by atoms with Crippen LogP contribution in [0.2, 0.25) is 0 Å². The molecule has 0 unspecified atom stereocenters. The Bertz CT molecular complexity index is 949. The summed E-state index contributed by atoms with van der Waals surface area (Å²) in [5.41, 5.74) is 1.96. The van der Waals surface area contributed by atoms with Crippen LogP contribution in [0.5, 0.6) is 0 Å². The fourth-order valence-electron chi connectivity index (χ4n) is 3.62. The number of morpholine rings is 1. The van der Waals surface area contributed by atoms with Crippen molar-refractivity contribution in [3.63, 3.8) is 0 Å². The van der Waals surface area contributed by atoms with Crippen molar-refractivity contribution < 1.29 is 23.1 Å². The molecular formula is C22H20F2N2O3. The van der Waals surface area contributed by atoms with Crippen LogP contribution in [0.3, 0.4) is 0 Å². The summed E-state index contributed by atoms with van der Waals surface area (Å²) in [5, 5.41) is 0. The Hall–Kier alpha value is -3.06. The number of amides is 2. The predicted molar refractivity (Wildman–Crippen MR) is 103 cm³/mol. The van der Waals surface area contributed by atoms with Gasteiger partial charge in [0.2, 0.25) is 0 Å². The van der Waals surface area contributed by atoms with E-state index in [0.717, 1.165) is 5.56 Å². The van der Waals surface area contributed by atoms with Gasteiger partial charge in [-0.2, -0.15) is 0 Å². The van der Waals surface area contributed by atoms with Crippen molar-refractivity contribution in [2.75, 3.05) is 32.8 Å². The molecule has 2 heterocycles. The molecule has 2 aliphatic rings. The number of rotatable bonds is 5. The lowest BCUT2D eigenvalue weighted by atomic mass is 10.0. The minimum atomic E-state index is -0.410. The number of hydrogen-bond donors (Lipinski definition) is 0. The minimum absolute atomic E-state index is 0.182. The topological polar surface area (TPSA) is 49.9 Å². The minimum Gasteiger partial charge on any atom is -0.378 e. The summed E-state index contributed by atoms with van der Waals surface area (Å²) in [6, 6.07) is 11.6. The summed E-state index contributed by atoms with van der Waals surface area (Å²) in [6.45, 7) is 2.13. The summed E-state index contributed by atoms with van der Waals surface area (Å²) in [4.78, 5) is 29.4. The Labute approximate surface area is 167 Å². The number of benzene rings is 2. The van der Waals surface area contributed by atoms with Crippen molar-refractivity contribution in [1.82, 2.24) is 9.80 Å². The normalized spacial score (nSPS) is 17.4. The average Bonchev–Trinajstić information content (AvgIpc) is 2.99. The third-order valence-corrected chi connectivity index (χ3v) is 5.14. The van der Waals surface area contributed by atoms with Gasteiger partial charge in [0.15, 0.2) is 0 Å². The zero-order valence-corrected chi connectivity index (χ0v) is 15.7. The van der Waals surface area contributed by atoms with Crippen molar-refractivity contribution in [3.05, 3.63) is 77.0 Å². The van der Waals surface area contributed by atoms with Gasteiger partial charge in [0, 0.05) is 19.6 Å². The Morgan fingerprint density at radius 2 is 1.41 bits per heavy atom. The van der Waals surface area contributed by atoms with Gasteiger partial charge in [0.25, 0.3) is 11.8 Å². The Balaban J connectivity index is 1.63. The van der Waals surface area contributed by atoms with Crippen LogP contribution >= 0.6 is 0 Å². The largest absolute Gasteiger partial charge is 0.378 e. The second-order valence-electron chi connectivity index (χ2n) is 6.97. The highest BCUT2D eigenvalue weighted by atomic mass is 19.1. The summed E-state index contributed by atoms with van der Waals surface area (Å²) >= 11 is 0. The molecule has 2 aromatic carbocycles. The predicted octanol–water partition coefficient (Wildman–Crippen LogP) is 2.62. The smallest absolute Gasteiger partial charge is 0.277 e. The Kier molecular flexibility index (Phi) is 5.40. The Morgan fingerprint density at radius 1 is 0.828 bits per heavy atom. The molecule has 0 radical (unpaired) electrons. The maximum atomic E-state index is 13.4. The van der Waals surface area contributed by atoms with E-state index in [-0.39, 0.29) is 23.8 Å². The molecule has 2 aromatic rings. The first kappa shape index (κ1) is 19.3. The van der Waals surface area contributed by atoms with Crippen LogP contribution in [0.4, 0.5) is 8.78 Å². The fraction of sp³-hybridized carbons (Fsp3) is 0.273. The van der Waals surface area contributed by atoms with Crippen molar-refractivity contribution in [3.8, 4) is 0 Å². The van der Waals surface area contributed by atoms with E-state index >= 15 is 0 Å². The van der Waals surface area contributed by atoms with Gasteiger partial charge in [0.05, 0.1) is 18.8 Å². The summed E-state index contributed by atoms with van der Waals surface area (Å²) in [7, 11) is 0. The summed E-state index contributed by atoms with van der Waals surface area (Å²) in [5.74, 6) is -1.51. The van der Waals surface area contributed by atoms with Crippen LogP contribution in [-0.2, 0) is 20.7 Å². The standard InChI is InChI=1S/C22H20F2N2O3/c23-17-5-1-15(2-6-17)9-10-26-21(27)19(16-3-7-18(24)8-4-16)20(22(26)28)25-11-13-29-14-12-25/h1-8H,9-14H2. The molecule has 1 fully saturated rings. The summed E-state index contributed by atoms with van der Waals surface area (Å²) in [6.07, 6.45) is 0.421. The van der Waals surface area contributed by atoms with Gasteiger partial charge in [-0.15, -0.1) is 0 Å². The highest BCUT2D eigenvalue weighted by molar-refractivity contribution is 6.35. The second-order valence-corrected chi connectivity index (χ2v) is 6.97. The van der Waals surface area contributed by atoms with Crippen molar-refractivity contribution in [2.45, 2.75) is 6.42 Å². The van der Waals surface area contributed by atoms with Gasteiger partial charge in [-0.25, -0.2) is 8.78 Å². The Morgan fingerprint density at radius 3 is 2.03 bits per heavy atom. The highest BCUT2D eigenvalue weighted by Crippen LogP contribution is 2.32. The maximum absolute atomic E-state index is 13.4. The van der Waals surface area contributed by atoms with Crippen LogP contribution in [0, 0.1) is 11.6 Å². The van der Waals surface area contributed by atoms with Crippen molar-refractivity contribution >= 4 is 17.4 Å². The zero-order chi connectivity index (χ0) is 20.4. The van der Waals surface area contributed by atoms with Gasteiger partial charge >= 0.3 is 0 Å². The number of nitrogens with zero attached hydrogens (tertiary/aromatic N) is 2. The zero-order valence-electron chi connectivity index (χ0n) is 15.7. The van der Waals surface area contributed by atoms with E-state index in [2.05, 4.69) is 0 Å². The third-order valence-electron chi connectivity index (χ3n) is 5.14. The molecule has 2 amide bonds. The maximum Gasteiger partial charge on any atom is 0.277 e. The number of halogens is 2. The van der Waals surface area contributed by atoms with Gasteiger partial charge in [-0.1, -0.05) is 24.3 Å². The monoisotopic (exact) mass is 398 g/mol. The number of carbonyl (C=O) groups excluding carboxylic acids is 2. The number of imide groups is 1. The van der Waals surface area contributed by atoms with Crippen LogP contribution < -0.4 is 0 Å². The molecule has 4 rings (SSSR count). The summed E-state index contributed by atoms with van der Waals surface area (Å²) < 4.78 is 31.9. The lowest BCUT2D eigenvalue weighted by molar-refractivity contribution is -0.137. The highest BCUT2D eigenvalue weighted by Gasteiger charge is 2.41. The van der Waals surface area contributed by atoms with Crippen molar-refractivity contribution in [1.29, 1.82) is 0 Å². The van der Waals surface area contributed by atoms with E-state index in [1.54, 1.807) is 12.1 Å². The molecule has 0 bridgehead atoms. The number of ether oxygens (including phenoxy) is 1. The lowest BCUT2D eigenvalue weighted by Crippen LogP contribution is -2.40. The molecule has 0 saturated carbocycles. The molecule has 0 aliphatic carbocycles. The third kappa shape index (κ3) is 3.91. The quantitative estimate of drug-likeness (QED) is 0.727. The van der Waals surface area contributed by atoms with Crippen LogP contribution in [0.1, 0.15) is 11.1 Å². The van der Waals surface area contributed by atoms with Crippen molar-refractivity contribution in [2.24, 2.45) is 0 Å². The fourth-order valence-corrected chi connectivity index (χ4v) is 3.62. The van der Waals surface area contributed by atoms with Crippen LogP contribution in [0.25, 0.3) is 5.57 Å². The molecule has 0 atom stereocenters. The molecule has 5 nitrogen and oxygen atoms in total. The van der Waals surface area contributed by atoms with E-state index in [9.17, 15) is 18.4 Å². The van der Waals surface area contributed by atoms with Gasteiger partial charge in [-0.05, 0) is 41.8 Å². The first-order chi connectivity index (χ1) is 14.0. The molecular weight excluding hydrogens is 378 g/mol. The molecule has 29 heavy (non-hydrogen) atoms. The molecule has 150 valence electrons. The molecule has 7 heteroatoms. The lowest BCUT2D eigenvalue weighted by Gasteiger charge is -2.29. The van der Waals surface area contributed by atoms with E-state index in [0.29, 0.717) is 44.0 Å². The number of carbonyl (C=O) groups is 2. The SMILES string of the molecule is O=C1C(c2ccc(F)cc2)=C(N2CCOCC2)C(=O)N1CCc1ccc(F)cc1. The van der Waals surface area contributed by atoms with Gasteiger partial charge < -0.3 is 9.64 Å². The van der Waals surface area contributed by atoms with Crippen LogP contribution in [0.15, 0.2) is 54.2 Å². The molecule has 2 aliphatic heterocycles. The molecule has 0 aromatic heterocycles. The first-order valence-corrected chi connectivity index (χ1v) is 9.48. The number of hydrogen-bond acceptors (Lipinski definition) is 4. The van der Waals surface area contributed by atoms with Crippen LogP contribution in [-0.4, -0.2) is 54.5 Å². The van der Waals surface area contributed by atoms with E-state index in [1.807, 2.05) is 4.90 Å². The first-order valence-electron chi connectivity index (χ1n) is 9.48. The molecule has 0 N–H and O–H groups in total. The van der Waals surface area contributed by atoms with Gasteiger partial charge in [-0.3, -0.25) is 14.5 Å². The van der Waals surface area contributed by atoms with E-state index in [4.69, 9.17) is 4.74 Å². The average molecular weight is 398 g/mol. The molecule has 1 saturated heterocycles.